The van der Waals surface area contributed by atoms with Gasteiger partial charge in [0.25, 0.3) is 0 Å². The number of allylic oxidation sites excluding steroid dienone is 1. The average Bonchev–Trinajstić information content (AvgIpc) is 3.43. The molecule has 0 radical (unpaired) electrons. The maximum absolute atomic E-state index is 6.63. The van der Waals surface area contributed by atoms with Crippen LogP contribution in [0.1, 0.15) is 28.9 Å². The molecule has 1 heterocycles. The van der Waals surface area contributed by atoms with Crippen molar-refractivity contribution in [1.82, 2.24) is 0 Å². The maximum Gasteiger partial charge on any atom is 0.142 e. The summed E-state index contributed by atoms with van der Waals surface area (Å²) in [6, 6.07) is 40.4. The molecule has 0 spiro atoms. The molecule has 7 aromatic carbocycles. The Balaban J connectivity index is 1.46. The molecule has 204 valence electrons. The van der Waals surface area contributed by atoms with Crippen LogP contribution in [-0.4, -0.2) is 0 Å². The lowest BCUT2D eigenvalue weighted by molar-refractivity contribution is 0.596. The SMILES string of the molecule is Cc1cccc2cc(-c3c4ccccc4c(-c4cccc5c6c(oc45)C=CCC6)c4ccccc34)c3cccc(C)c3c12. The first-order valence-corrected chi connectivity index (χ1v) is 15.3. The number of fused-ring (bicyclic) bond motifs is 8. The van der Waals surface area contributed by atoms with Crippen LogP contribution < -0.4 is 0 Å². The minimum Gasteiger partial charge on any atom is -0.456 e. The zero-order chi connectivity index (χ0) is 28.7. The number of furan rings is 1. The fourth-order valence-electron chi connectivity index (χ4n) is 7.72. The van der Waals surface area contributed by atoms with E-state index in [0.29, 0.717) is 0 Å². The number of hydrogen-bond acceptors (Lipinski definition) is 1. The van der Waals surface area contributed by atoms with E-state index in [2.05, 4.69) is 135 Å². The standard InChI is InChI=1S/C42H30O/c1-25-12-9-14-27-24-36(33-20-10-13-26(2)39(33)38(25)27)41-31-18-5-3-16-29(31)40(30-17-4-6-19-32(30)41)35-22-11-21-34-28-15-7-8-23-37(28)43-42(34)35/h3-6,8-14,16-24H,7,15H2,1-2H3. The largest absolute Gasteiger partial charge is 0.456 e. The minimum atomic E-state index is 0.990. The third-order valence-corrected chi connectivity index (χ3v) is 9.57. The Morgan fingerprint density at radius 1 is 0.535 bits per heavy atom. The van der Waals surface area contributed by atoms with E-state index < -0.39 is 0 Å². The summed E-state index contributed by atoms with van der Waals surface area (Å²) in [6.45, 7) is 4.48. The third-order valence-electron chi connectivity index (χ3n) is 9.57. The molecular formula is C42H30O. The van der Waals surface area contributed by atoms with E-state index in [1.54, 1.807) is 0 Å². The lowest BCUT2D eigenvalue weighted by Crippen LogP contribution is -1.94. The molecule has 0 saturated heterocycles. The van der Waals surface area contributed by atoms with Gasteiger partial charge in [-0.2, -0.15) is 0 Å². The fraction of sp³-hybridized carbons (Fsp3) is 0.0952. The van der Waals surface area contributed by atoms with Crippen molar-refractivity contribution in [2.75, 3.05) is 0 Å². The molecule has 0 aliphatic heterocycles. The van der Waals surface area contributed by atoms with Crippen molar-refractivity contribution in [2.45, 2.75) is 26.7 Å². The lowest BCUT2D eigenvalue weighted by atomic mass is 9.82. The Kier molecular flexibility index (Phi) is 5.22. The molecule has 1 nitrogen and oxygen atoms in total. The van der Waals surface area contributed by atoms with Gasteiger partial charge in [0.2, 0.25) is 0 Å². The van der Waals surface area contributed by atoms with Crippen LogP contribution in [0.4, 0.5) is 0 Å². The van der Waals surface area contributed by atoms with E-state index in [1.807, 2.05) is 0 Å². The van der Waals surface area contributed by atoms with E-state index in [0.717, 1.165) is 29.7 Å². The smallest absolute Gasteiger partial charge is 0.142 e. The Bertz CT molecular complexity index is 2410. The molecule has 8 aromatic rings. The van der Waals surface area contributed by atoms with Crippen LogP contribution in [0.3, 0.4) is 0 Å². The summed E-state index contributed by atoms with van der Waals surface area (Å²) in [5, 5.41) is 11.6. The molecule has 0 amide bonds. The summed E-state index contributed by atoms with van der Waals surface area (Å²) in [7, 11) is 0. The number of rotatable bonds is 2. The molecule has 1 aromatic heterocycles. The number of aryl methyl sites for hydroxylation is 3. The van der Waals surface area contributed by atoms with Gasteiger partial charge in [-0.25, -0.2) is 0 Å². The van der Waals surface area contributed by atoms with Crippen LogP contribution in [0.15, 0.2) is 120 Å². The quantitative estimate of drug-likeness (QED) is 0.154. The molecule has 43 heavy (non-hydrogen) atoms. The van der Waals surface area contributed by atoms with Crippen LogP contribution in [-0.2, 0) is 6.42 Å². The van der Waals surface area contributed by atoms with Gasteiger partial charge in [-0.15, -0.1) is 0 Å². The Hall–Kier alpha value is -5.14. The molecule has 1 heteroatoms. The van der Waals surface area contributed by atoms with Crippen LogP contribution in [0.2, 0.25) is 0 Å². The molecule has 1 aliphatic rings. The van der Waals surface area contributed by atoms with E-state index in [9.17, 15) is 0 Å². The van der Waals surface area contributed by atoms with Gasteiger partial charge in [0.05, 0.1) is 0 Å². The highest BCUT2D eigenvalue weighted by Gasteiger charge is 2.23. The second-order valence-corrected chi connectivity index (χ2v) is 12.0. The van der Waals surface area contributed by atoms with Gasteiger partial charge >= 0.3 is 0 Å². The first kappa shape index (κ1) is 24.5. The summed E-state index contributed by atoms with van der Waals surface area (Å²) in [6.07, 6.45) is 6.46. The summed E-state index contributed by atoms with van der Waals surface area (Å²) in [5.74, 6) is 1.01. The second-order valence-electron chi connectivity index (χ2n) is 12.0. The van der Waals surface area contributed by atoms with Crippen LogP contribution in [0.5, 0.6) is 0 Å². The van der Waals surface area contributed by atoms with E-state index in [4.69, 9.17) is 4.42 Å². The summed E-state index contributed by atoms with van der Waals surface area (Å²) >= 11 is 0. The Labute approximate surface area is 250 Å². The Morgan fingerprint density at radius 2 is 1.12 bits per heavy atom. The molecule has 0 fully saturated rings. The first-order chi connectivity index (χ1) is 21.2. The highest BCUT2D eigenvalue weighted by Crippen LogP contribution is 2.48. The summed E-state index contributed by atoms with van der Waals surface area (Å²) in [4.78, 5) is 0. The highest BCUT2D eigenvalue weighted by atomic mass is 16.3. The van der Waals surface area contributed by atoms with Crippen molar-refractivity contribution in [1.29, 1.82) is 0 Å². The molecule has 0 unspecified atom stereocenters. The minimum absolute atomic E-state index is 0.990. The number of benzene rings is 7. The molecule has 0 atom stereocenters. The van der Waals surface area contributed by atoms with E-state index in [-0.39, 0.29) is 0 Å². The van der Waals surface area contributed by atoms with E-state index in [1.165, 1.54) is 81.9 Å². The molecule has 0 N–H and O–H groups in total. The molecule has 1 aliphatic carbocycles. The number of hydrogen-bond donors (Lipinski definition) is 0. The van der Waals surface area contributed by atoms with Gasteiger partial charge in [-0.3, -0.25) is 0 Å². The first-order valence-electron chi connectivity index (χ1n) is 15.3. The topological polar surface area (TPSA) is 13.1 Å². The van der Waals surface area contributed by atoms with Crippen molar-refractivity contribution in [3.05, 3.63) is 138 Å². The van der Waals surface area contributed by atoms with Gasteiger partial charge in [0, 0.05) is 22.1 Å². The summed E-state index contributed by atoms with van der Waals surface area (Å²) in [5.41, 5.74) is 9.93. The van der Waals surface area contributed by atoms with Gasteiger partial charge in [0.15, 0.2) is 0 Å². The predicted molar refractivity (Wildman–Crippen MR) is 184 cm³/mol. The zero-order valence-electron chi connectivity index (χ0n) is 24.4. The van der Waals surface area contributed by atoms with Crippen molar-refractivity contribution in [3.63, 3.8) is 0 Å². The fourth-order valence-corrected chi connectivity index (χ4v) is 7.72. The van der Waals surface area contributed by atoms with Crippen LogP contribution >= 0.6 is 0 Å². The molecule has 0 saturated carbocycles. The van der Waals surface area contributed by atoms with Crippen molar-refractivity contribution in [3.8, 4) is 22.3 Å². The number of para-hydroxylation sites is 1. The monoisotopic (exact) mass is 550 g/mol. The van der Waals surface area contributed by atoms with Crippen LogP contribution in [0.25, 0.3) is 82.4 Å². The van der Waals surface area contributed by atoms with Crippen molar-refractivity contribution in [2.24, 2.45) is 0 Å². The van der Waals surface area contributed by atoms with Crippen LogP contribution in [0, 0.1) is 13.8 Å². The normalized spacial score (nSPS) is 13.1. The lowest BCUT2D eigenvalue weighted by Gasteiger charge is -2.20. The Morgan fingerprint density at radius 3 is 1.84 bits per heavy atom. The average molecular weight is 551 g/mol. The summed E-state index contributed by atoms with van der Waals surface area (Å²) < 4.78 is 6.63. The highest BCUT2D eigenvalue weighted by molar-refractivity contribution is 6.27. The van der Waals surface area contributed by atoms with Gasteiger partial charge < -0.3 is 4.42 Å². The molecule has 0 bridgehead atoms. The van der Waals surface area contributed by atoms with Gasteiger partial charge in [-0.1, -0.05) is 109 Å². The zero-order valence-corrected chi connectivity index (χ0v) is 24.4. The maximum atomic E-state index is 6.63. The second kappa shape index (κ2) is 9.18. The van der Waals surface area contributed by atoms with Crippen molar-refractivity contribution >= 4 is 60.1 Å². The van der Waals surface area contributed by atoms with Crippen molar-refractivity contribution < 1.29 is 4.42 Å². The van der Waals surface area contributed by atoms with Gasteiger partial charge in [-0.05, 0) is 104 Å². The van der Waals surface area contributed by atoms with E-state index >= 15 is 0 Å². The predicted octanol–water partition coefficient (Wildman–Crippen LogP) is 12.0. The van der Waals surface area contributed by atoms with Gasteiger partial charge in [0.1, 0.15) is 11.3 Å². The third kappa shape index (κ3) is 3.46. The molecular weight excluding hydrogens is 520 g/mol. The molecule has 9 rings (SSSR count).